The number of oxazole rings is 1. The number of benzene rings is 1. The fourth-order valence-electron chi connectivity index (χ4n) is 3.00. The van der Waals surface area contributed by atoms with Crippen LogP contribution >= 0.6 is 0 Å². The van der Waals surface area contributed by atoms with E-state index in [9.17, 15) is 9.59 Å². The van der Waals surface area contributed by atoms with Crippen molar-refractivity contribution in [3.05, 3.63) is 63.7 Å². The van der Waals surface area contributed by atoms with Gasteiger partial charge in [-0.05, 0) is 32.4 Å². The summed E-state index contributed by atoms with van der Waals surface area (Å²) in [6.45, 7) is 5.69. The van der Waals surface area contributed by atoms with Crippen molar-refractivity contribution in [2.45, 2.75) is 27.3 Å². The number of carbonyl (C=O) groups is 1. The second-order valence-corrected chi connectivity index (χ2v) is 6.45. The van der Waals surface area contributed by atoms with Crippen LogP contribution in [0.25, 0.3) is 22.6 Å². The number of nitrogens with zero attached hydrogens (tertiary/aromatic N) is 4. The minimum Gasteiger partial charge on any atom is -0.461 e. The third kappa shape index (κ3) is 3.31. The van der Waals surface area contributed by atoms with E-state index in [2.05, 4.69) is 15.1 Å². The van der Waals surface area contributed by atoms with E-state index in [0.717, 1.165) is 11.1 Å². The Morgan fingerprint density at radius 1 is 1.24 bits per heavy atom. The molecule has 4 aromatic rings. The van der Waals surface area contributed by atoms with Crippen LogP contribution in [0, 0.1) is 13.8 Å². The lowest BCUT2D eigenvalue weighted by Crippen LogP contribution is -2.23. The first-order valence-corrected chi connectivity index (χ1v) is 9.03. The molecule has 4 rings (SSSR count). The fourth-order valence-corrected chi connectivity index (χ4v) is 3.00. The molecule has 0 saturated carbocycles. The first-order chi connectivity index (χ1) is 14.0. The Morgan fingerprint density at radius 3 is 2.79 bits per heavy atom. The molecule has 3 heterocycles. The van der Waals surface area contributed by atoms with Gasteiger partial charge >= 0.3 is 5.97 Å². The van der Waals surface area contributed by atoms with E-state index in [1.807, 2.05) is 31.2 Å². The summed E-state index contributed by atoms with van der Waals surface area (Å²) in [4.78, 5) is 33.6. The van der Waals surface area contributed by atoms with Crippen LogP contribution in [-0.4, -0.2) is 32.3 Å². The molecule has 0 amide bonds. The first kappa shape index (κ1) is 18.6. The van der Waals surface area contributed by atoms with Gasteiger partial charge < -0.3 is 13.7 Å². The highest BCUT2D eigenvalue weighted by Gasteiger charge is 2.23. The number of hydrogen-bond acceptors (Lipinski definition) is 8. The molecule has 0 aliphatic carbocycles. The summed E-state index contributed by atoms with van der Waals surface area (Å²) in [5, 5.41) is 3.61. The number of esters is 1. The first-order valence-electron chi connectivity index (χ1n) is 9.03. The van der Waals surface area contributed by atoms with Gasteiger partial charge in [-0.2, -0.15) is 0 Å². The van der Waals surface area contributed by atoms with E-state index in [4.69, 9.17) is 13.7 Å². The SMILES string of the molecule is CCOC(=O)c1noc2ncn(Cc3nc(-c4ccccc4C)oc3C)c(=O)c12. The van der Waals surface area contributed by atoms with Gasteiger partial charge in [-0.3, -0.25) is 9.36 Å². The molecule has 0 atom stereocenters. The van der Waals surface area contributed by atoms with E-state index in [1.54, 1.807) is 13.8 Å². The summed E-state index contributed by atoms with van der Waals surface area (Å²) in [6.07, 6.45) is 1.33. The highest BCUT2D eigenvalue weighted by Crippen LogP contribution is 2.25. The average molecular weight is 394 g/mol. The largest absolute Gasteiger partial charge is 0.461 e. The highest BCUT2D eigenvalue weighted by atomic mass is 16.5. The maximum Gasteiger partial charge on any atom is 0.361 e. The number of carbonyl (C=O) groups excluding carboxylic acids is 1. The standard InChI is InChI=1S/C20H18N4O5/c1-4-27-20(26)16-15-18(29-23-16)21-10-24(19(15)25)9-14-12(3)28-17(22-14)13-8-6-5-7-11(13)2/h5-8,10H,4,9H2,1-3H3. The maximum atomic E-state index is 12.9. The van der Waals surface area contributed by atoms with Crippen molar-refractivity contribution >= 4 is 17.1 Å². The van der Waals surface area contributed by atoms with Crippen LogP contribution in [0.3, 0.4) is 0 Å². The van der Waals surface area contributed by atoms with Crippen LogP contribution in [0.1, 0.15) is 34.4 Å². The van der Waals surface area contributed by atoms with Crippen molar-refractivity contribution in [2.75, 3.05) is 6.61 Å². The Labute approximate surface area is 164 Å². The van der Waals surface area contributed by atoms with Crippen molar-refractivity contribution < 1.29 is 18.5 Å². The predicted octanol–water partition coefficient (Wildman–Crippen LogP) is 2.88. The number of aromatic nitrogens is 4. The van der Waals surface area contributed by atoms with E-state index in [0.29, 0.717) is 17.3 Å². The molecule has 9 heteroatoms. The predicted molar refractivity (Wildman–Crippen MR) is 103 cm³/mol. The van der Waals surface area contributed by atoms with Crippen LogP contribution in [0.4, 0.5) is 0 Å². The second-order valence-electron chi connectivity index (χ2n) is 6.45. The number of hydrogen-bond donors (Lipinski definition) is 0. The summed E-state index contributed by atoms with van der Waals surface area (Å²) in [5.74, 6) is 0.336. The van der Waals surface area contributed by atoms with E-state index >= 15 is 0 Å². The summed E-state index contributed by atoms with van der Waals surface area (Å²) in [6, 6.07) is 7.75. The molecule has 0 saturated heterocycles. The van der Waals surface area contributed by atoms with E-state index < -0.39 is 11.5 Å². The van der Waals surface area contributed by atoms with Crippen LogP contribution < -0.4 is 5.56 Å². The Balaban J connectivity index is 1.73. The Bertz CT molecular complexity index is 1270. The molecule has 148 valence electrons. The third-order valence-corrected chi connectivity index (χ3v) is 4.52. The van der Waals surface area contributed by atoms with Crippen LogP contribution in [0.5, 0.6) is 0 Å². The summed E-state index contributed by atoms with van der Waals surface area (Å²) in [7, 11) is 0. The molecule has 0 spiro atoms. The minimum absolute atomic E-state index is 0.0215. The maximum absolute atomic E-state index is 12.9. The molecule has 1 aromatic carbocycles. The van der Waals surface area contributed by atoms with Crippen molar-refractivity contribution in [3.63, 3.8) is 0 Å². The van der Waals surface area contributed by atoms with E-state index in [1.165, 1.54) is 10.9 Å². The number of rotatable bonds is 5. The van der Waals surface area contributed by atoms with Crippen molar-refractivity contribution in [1.82, 2.24) is 19.7 Å². The van der Waals surface area contributed by atoms with Gasteiger partial charge in [0.1, 0.15) is 23.2 Å². The fraction of sp³-hybridized carbons (Fsp3) is 0.250. The van der Waals surface area contributed by atoms with E-state index in [-0.39, 0.29) is 29.9 Å². The van der Waals surface area contributed by atoms with Crippen molar-refractivity contribution in [3.8, 4) is 11.5 Å². The molecule has 0 aliphatic rings. The van der Waals surface area contributed by atoms with Gasteiger partial charge in [0.05, 0.1) is 13.2 Å². The van der Waals surface area contributed by atoms with Crippen molar-refractivity contribution in [2.24, 2.45) is 0 Å². The third-order valence-electron chi connectivity index (χ3n) is 4.52. The topological polar surface area (TPSA) is 113 Å². The molecule has 29 heavy (non-hydrogen) atoms. The molecule has 0 aliphatic heterocycles. The summed E-state index contributed by atoms with van der Waals surface area (Å²) in [5.41, 5.74) is 1.81. The minimum atomic E-state index is -0.734. The summed E-state index contributed by atoms with van der Waals surface area (Å²) >= 11 is 0. The smallest absolute Gasteiger partial charge is 0.361 e. The summed E-state index contributed by atoms with van der Waals surface area (Å²) < 4.78 is 17.1. The average Bonchev–Trinajstić information content (AvgIpc) is 3.29. The molecule has 0 N–H and O–H groups in total. The number of ether oxygens (including phenoxy) is 1. The molecular weight excluding hydrogens is 376 g/mol. The van der Waals surface area contributed by atoms with Gasteiger partial charge in [-0.15, -0.1) is 0 Å². The zero-order valence-corrected chi connectivity index (χ0v) is 16.1. The van der Waals surface area contributed by atoms with Crippen LogP contribution in [-0.2, 0) is 11.3 Å². The molecular formula is C20H18N4O5. The van der Waals surface area contributed by atoms with Gasteiger partial charge in [0.2, 0.25) is 11.6 Å². The molecule has 0 bridgehead atoms. The van der Waals surface area contributed by atoms with Crippen LogP contribution in [0.2, 0.25) is 0 Å². The molecule has 0 fully saturated rings. The molecule has 3 aromatic heterocycles. The highest BCUT2D eigenvalue weighted by molar-refractivity contribution is 5.99. The Kier molecular flexibility index (Phi) is 4.71. The lowest BCUT2D eigenvalue weighted by Gasteiger charge is -2.03. The number of fused-ring (bicyclic) bond motifs is 1. The van der Waals surface area contributed by atoms with Gasteiger partial charge in [-0.1, -0.05) is 23.4 Å². The van der Waals surface area contributed by atoms with Crippen molar-refractivity contribution in [1.29, 1.82) is 0 Å². The Hall–Kier alpha value is -3.75. The van der Waals surface area contributed by atoms with Gasteiger partial charge in [0.15, 0.2) is 0 Å². The zero-order valence-electron chi connectivity index (χ0n) is 16.1. The molecule has 0 radical (unpaired) electrons. The zero-order chi connectivity index (χ0) is 20.5. The van der Waals surface area contributed by atoms with Crippen LogP contribution in [0.15, 0.2) is 44.3 Å². The molecule has 0 unspecified atom stereocenters. The lowest BCUT2D eigenvalue weighted by atomic mass is 10.1. The second kappa shape index (κ2) is 7.34. The Morgan fingerprint density at radius 2 is 2.03 bits per heavy atom. The normalized spacial score (nSPS) is 11.1. The number of aryl methyl sites for hydroxylation is 2. The monoisotopic (exact) mass is 394 g/mol. The molecule has 9 nitrogen and oxygen atoms in total. The lowest BCUT2D eigenvalue weighted by molar-refractivity contribution is 0.0516. The quantitative estimate of drug-likeness (QED) is 0.475. The van der Waals surface area contributed by atoms with Gasteiger partial charge in [-0.25, -0.2) is 14.8 Å². The van der Waals surface area contributed by atoms with Gasteiger partial charge in [0, 0.05) is 5.56 Å². The van der Waals surface area contributed by atoms with Gasteiger partial charge in [0.25, 0.3) is 11.3 Å².